The minimum Gasteiger partial charge on any atom is -0.481 e. The van der Waals surface area contributed by atoms with Gasteiger partial charge >= 0.3 is 5.69 Å². The van der Waals surface area contributed by atoms with Crippen LogP contribution in [-0.4, -0.2) is 37.3 Å². The summed E-state index contributed by atoms with van der Waals surface area (Å²) in [7, 11) is 3.49. The zero-order valence-corrected chi connectivity index (χ0v) is 12.0. The molecule has 1 saturated carbocycles. The second-order valence-corrected chi connectivity index (χ2v) is 4.90. The van der Waals surface area contributed by atoms with E-state index in [1.807, 2.05) is 20.0 Å². The monoisotopic (exact) mass is 280 g/mol. The molecular formula is C14H20N2O4. The predicted octanol–water partition coefficient (Wildman–Crippen LogP) is 1.91. The molecule has 1 aromatic carbocycles. The van der Waals surface area contributed by atoms with Gasteiger partial charge in [-0.05, 0) is 25.1 Å². The van der Waals surface area contributed by atoms with E-state index in [-0.39, 0.29) is 23.9 Å². The summed E-state index contributed by atoms with van der Waals surface area (Å²) in [4.78, 5) is 10.7. The Labute approximate surface area is 118 Å². The van der Waals surface area contributed by atoms with Crippen molar-refractivity contribution < 1.29 is 14.4 Å². The topological polar surface area (TPSA) is 73.6 Å². The van der Waals surface area contributed by atoms with E-state index in [9.17, 15) is 10.1 Å². The number of rotatable bonds is 6. The molecule has 0 aromatic heterocycles. The van der Waals surface area contributed by atoms with Crippen molar-refractivity contribution in [1.29, 1.82) is 0 Å². The highest BCUT2D eigenvalue weighted by molar-refractivity contribution is 5.49. The van der Waals surface area contributed by atoms with Crippen molar-refractivity contribution >= 4 is 5.69 Å². The molecule has 6 nitrogen and oxygen atoms in total. The molecule has 0 bridgehead atoms. The lowest BCUT2D eigenvalue weighted by Gasteiger charge is -2.42. The van der Waals surface area contributed by atoms with Gasteiger partial charge in [0, 0.05) is 25.6 Å². The number of nitro groups is 1. The molecule has 0 spiro atoms. The van der Waals surface area contributed by atoms with Crippen LogP contribution in [0.3, 0.4) is 0 Å². The zero-order valence-electron chi connectivity index (χ0n) is 12.0. The second-order valence-electron chi connectivity index (χ2n) is 4.90. The van der Waals surface area contributed by atoms with Crippen LogP contribution in [0.15, 0.2) is 18.2 Å². The molecule has 0 saturated heterocycles. The van der Waals surface area contributed by atoms with E-state index in [0.717, 1.165) is 18.4 Å². The molecule has 0 aliphatic heterocycles. The quantitative estimate of drug-likeness (QED) is 0.636. The molecule has 1 aliphatic rings. The molecule has 0 amide bonds. The Morgan fingerprint density at radius 3 is 2.80 bits per heavy atom. The lowest BCUT2D eigenvalue weighted by molar-refractivity contribution is -0.386. The van der Waals surface area contributed by atoms with Crippen LogP contribution < -0.4 is 10.1 Å². The second kappa shape index (κ2) is 6.19. The van der Waals surface area contributed by atoms with E-state index < -0.39 is 4.92 Å². The van der Waals surface area contributed by atoms with E-state index in [1.54, 1.807) is 19.2 Å². The van der Waals surface area contributed by atoms with Crippen molar-refractivity contribution in [2.24, 2.45) is 0 Å². The van der Waals surface area contributed by atoms with Crippen LogP contribution in [0.4, 0.5) is 5.69 Å². The van der Waals surface area contributed by atoms with Crippen LogP contribution in [0.1, 0.15) is 18.9 Å². The summed E-state index contributed by atoms with van der Waals surface area (Å²) in [5, 5.41) is 14.3. The Morgan fingerprint density at radius 1 is 1.50 bits per heavy atom. The number of hydrogen-bond donors (Lipinski definition) is 1. The van der Waals surface area contributed by atoms with Crippen molar-refractivity contribution in [3.8, 4) is 5.75 Å². The third-order valence-corrected chi connectivity index (χ3v) is 3.80. The van der Waals surface area contributed by atoms with Gasteiger partial charge in [0.15, 0.2) is 5.75 Å². The summed E-state index contributed by atoms with van der Waals surface area (Å²) in [6.07, 6.45) is 1.31. The minimum atomic E-state index is -0.398. The van der Waals surface area contributed by atoms with Crippen LogP contribution in [0, 0.1) is 10.1 Å². The first-order valence-corrected chi connectivity index (χ1v) is 6.74. The maximum atomic E-state index is 11.1. The highest BCUT2D eigenvalue weighted by Gasteiger charge is 2.43. The zero-order chi connectivity index (χ0) is 14.7. The minimum absolute atomic E-state index is 0.0205. The number of nitro benzene ring substituents is 1. The SMILES string of the molecule is CCc1ccc(OC2CC(NC)C2OC)c([N+](=O)[O-])c1. The number of methoxy groups -OCH3 is 1. The molecule has 110 valence electrons. The third kappa shape index (κ3) is 2.76. The van der Waals surface area contributed by atoms with Gasteiger partial charge in [-0.2, -0.15) is 0 Å². The average molecular weight is 280 g/mol. The van der Waals surface area contributed by atoms with Crippen LogP contribution in [0.2, 0.25) is 0 Å². The van der Waals surface area contributed by atoms with Gasteiger partial charge in [0.05, 0.1) is 4.92 Å². The van der Waals surface area contributed by atoms with Crippen LogP contribution >= 0.6 is 0 Å². The van der Waals surface area contributed by atoms with Gasteiger partial charge in [0.1, 0.15) is 12.2 Å². The Bertz CT molecular complexity index is 492. The highest BCUT2D eigenvalue weighted by Crippen LogP contribution is 2.34. The Hall–Kier alpha value is -1.66. The van der Waals surface area contributed by atoms with Crippen molar-refractivity contribution in [2.75, 3.05) is 14.2 Å². The van der Waals surface area contributed by atoms with Crippen LogP contribution in [0.5, 0.6) is 5.75 Å². The first-order chi connectivity index (χ1) is 9.60. The first-order valence-electron chi connectivity index (χ1n) is 6.74. The molecule has 20 heavy (non-hydrogen) atoms. The Balaban J connectivity index is 2.15. The fourth-order valence-corrected chi connectivity index (χ4v) is 2.48. The largest absolute Gasteiger partial charge is 0.481 e. The molecule has 2 rings (SSSR count). The van der Waals surface area contributed by atoms with Gasteiger partial charge in [0.25, 0.3) is 0 Å². The molecule has 3 unspecified atom stereocenters. The number of nitrogens with zero attached hydrogens (tertiary/aromatic N) is 1. The van der Waals surface area contributed by atoms with E-state index in [1.165, 1.54) is 0 Å². The molecular weight excluding hydrogens is 260 g/mol. The maximum Gasteiger partial charge on any atom is 0.311 e. The molecule has 3 atom stereocenters. The van der Waals surface area contributed by atoms with Crippen molar-refractivity contribution in [3.63, 3.8) is 0 Å². The van der Waals surface area contributed by atoms with Crippen molar-refractivity contribution in [1.82, 2.24) is 5.32 Å². The van der Waals surface area contributed by atoms with Gasteiger partial charge in [-0.3, -0.25) is 10.1 Å². The van der Waals surface area contributed by atoms with Gasteiger partial charge in [-0.1, -0.05) is 13.0 Å². The normalized spacial score (nSPS) is 25.1. The lowest BCUT2D eigenvalue weighted by Crippen LogP contribution is -2.60. The van der Waals surface area contributed by atoms with Crippen molar-refractivity contribution in [2.45, 2.75) is 38.0 Å². The summed E-state index contributed by atoms with van der Waals surface area (Å²) < 4.78 is 11.1. The highest BCUT2D eigenvalue weighted by atomic mass is 16.6. The van der Waals surface area contributed by atoms with E-state index in [2.05, 4.69) is 5.32 Å². The summed E-state index contributed by atoms with van der Waals surface area (Å²) in [5.41, 5.74) is 0.946. The summed E-state index contributed by atoms with van der Waals surface area (Å²) in [6, 6.07) is 5.35. The number of ether oxygens (including phenoxy) is 2. The lowest BCUT2D eigenvalue weighted by atomic mass is 9.85. The Kier molecular flexibility index (Phi) is 4.57. The van der Waals surface area contributed by atoms with E-state index in [0.29, 0.717) is 5.75 Å². The molecule has 1 aliphatic carbocycles. The number of nitrogens with one attached hydrogen (secondary N) is 1. The number of benzene rings is 1. The predicted molar refractivity (Wildman–Crippen MR) is 75.2 cm³/mol. The maximum absolute atomic E-state index is 11.1. The standard InChI is InChI=1S/C14H20N2O4/c1-4-9-5-6-12(11(7-9)16(17)18)20-13-8-10(15-2)14(13)19-3/h5-7,10,13-15H,4,8H2,1-3H3. The number of likely N-dealkylation sites (N-methyl/N-ethyl adjacent to an activating group) is 1. The van der Waals surface area contributed by atoms with Crippen LogP contribution in [0.25, 0.3) is 0 Å². The number of aryl methyl sites for hydroxylation is 1. The van der Waals surface area contributed by atoms with Gasteiger partial charge < -0.3 is 14.8 Å². The molecule has 6 heteroatoms. The van der Waals surface area contributed by atoms with E-state index in [4.69, 9.17) is 9.47 Å². The number of hydrogen-bond acceptors (Lipinski definition) is 5. The molecule has 1 fully saturated rings. The molecule has 0 heterocycles. The molecule has 1 N–H and O–H groups in total. The summed E-state index contributed by atoms with van der Waals surface area (Å²) in [5.74, 6) is 0.314. The van der Waals surface area contributed by atoms with Gasteiger partial charge in [-0.25, -0.2) is 0 Å². The third-order valence-electron chi connectivity index (χ3n) is 3.80. The molecule has 1 aromatic rings. The average Bonchev–Trinajstić information content (AvgIpc) is 2.43. The van der Waals surface area contributed by atoms with Crippen LogP contribution in [-0.2, 0) is 11.2 Å². The fourth-order valence-electron chi connectivity index (χ4n) is 2.48. The summed E-state index contributed by atoms with van der Waals surface area (Å²) in [6.45, 7) is 1.96. The van der Waals surface area contributed by atoms with Gasteiger partial charge in [0.2, 0.25) is 0 Å². The smallest absolute Gasteiger partial charge is 0.311 e. The summed E-state index contributed by atoms with van der Waals surface area (Å²) >= 11 is 0. The van der Waals surface area contributed by atoms with E-state index >= 15 is 0 Å². The fraction of sp³-hybridized carbons (Fsp3) is 0.571. The Morgan fingerprint density at radius 2 is 2.25 bits per heavy atom. The molecule has 0 radical (unpaired) electrons. The van der Waals surface area contributed by atoms with Crippen molar-refractivity contribution in [3.05, 3.63) is 33.9 Å². The first kappa shape index (κ1) is 14.7. The van der Waals surface area contributed by atoms with Gasteiger partial charge in [-0.15, -0.1) is 0 Å².